The first-order valence-corrected chi connectivity index (χ1v) is 13.4. The van der Waals surface area contributed by atoms with Crippen LogP contribution in [0.3, 0.4) is 0 Å². The van der Waals surface area contributed by atoms with Gasteiger partial charge in [-0.15, -0.1) is 23.8 Å². The summed E-state index contributed by atoms with van der Waals surface area (Å²) in [4.78, 5) is 14.2. The minimum Gasteiger partial charge on any atom is -0.506 e. The van der Waals surface area contributed by atoms with Crippen molar-refractivity contribution < 1.29 is 26.2 Å². The average molecular weight is 715 g/mol. The summed E-state index contributed by atoms with van der Waals surface area (Å²) in [6.07, 6.45) is 1.87. The monoisotopic (exact) mass is 714 g/mol. The van der Waals surface area contributed by atoms with Crippen LogP contribution >= 0.6 is 0 Å². The average Bonchev–Trinajstić information content (AvgIpc) is 3.00. The molecule has 0 aliphatic carbocycles. The zero-order valence-electron chi connectivity index (χ0n) is 22.6. The number of pyridine rings is 2. The third-order valence-electron chi connectivity index (χ3n) is 7.34. The fraction of sp³-hybridized carbons (Fsp3) is 0.0857. The Morgan fingerprint density at radius 3 is 2.32 bits per heavy atom. The van der Waals surface area contributed by atoms with E-state index >= 15 is 0 Å². The van der Waals surface area contributed by atoms with Gasteiger partial charge >= 0.3 is 0 Å². The van der Waals surface area contributed by atoms with E-state index in [1.54, 1.807) is 6.07 Å². The van der Waals surface area contributed by atoms with Gasteiger partial charge in [0.25, 0.3) is 0 Å². The fourth-order valence-corrected chi connectivity index (χ4v) is 5.52. The Kier molecular flexibility index (Phi) is 7.06. The molecule has 5 nitrogen and oxygen atoms in total. The van der Waals surface area contributed by atoms with Crippen LogP contribution in [0.15, 0.2) is 115 Å². The number of fused-ring (bicyclic) bond motifs is 3. The number of phenols is 1. The molecule has 0 fully saturated rings. The quantitative estimate of drug-likeness (QED) is 0.185. The van der Waals surface area contributed by atoms with Crippen molar-refractivity contribution in [1.29, 1.82) is 0 Å². The van der Waals surface area contributed by atoms with E-state index in [1.165, 1.54) is 0 Å². The van der Waals surface area contributed by atoms with Gasteiger partial charge < -0.3 is 14.9 Å². The van der Waals surface area contributed by atoms with Crippen LogP contribution in [0.5, 0.6) is 5.75 Å². The summed E-state index contributed by atoms with van der Waals surface area (Å²) >= 11 is 0. The molecule has 41 heavy (non-hydrogen) atoms. The molecule has 0 bridgehead atoms. The van der Waals surface area contributed by atoms with E-state index in [0.717, 1.165) is 56.3 Å². The number of para-hydroxylation sites is 3. The van der Waals surface area contributed by atoms with E-state index in [0.29, 0.717) is 5.52 Å². The molecule has 1 aliphatic heterocycles. The van der Waals surface area contributed by atoms with Crippen molar-refractivity contribution in [3.63, 3.8) is 0 Å². The van der Waals surface area contributed by atoms with Gasteiger partial charge in [-0.1, -0.05) is 66.7 Å². The third kappa shape index (κ3) is 4.66. The molecule has 0 unspecified atom stereocenters. The van der Waals surface area contributed by atoms with E-state index in [4.69, 9.17) is 9.97 Å². The van der Waals surface area contributed by atoms with Gasteiger partial charge in [-0.2, -0.15) is 0 Å². The van der Waals surface area contributed by atoms with Gasteiger partial charge in [0.1, 0.15) is 17.1 Å². The molecule has 1 aliphatic rings. The summed E-state index contributed by atoms with van der Waals surface area (Å²) in [5.41, 5.74) is 8.51. The number of hydrogen-bond donors (Lipinski definition) is 1. The summed E-state index contributed by atoms with van der Waals surface area (Å²) in [5.74, 6) is 0.983. The van der Waals surface area contributed by atoms with Crippen LogP contribution in [0.2, 0.25) is 0 Å². The molecular formula is C35H27N4OPt-. The van der Waals surface area contributed by atoms with Crippen LogP contribution in [0.4, 0.5) is 28.6 Å². The zero-order chi connectivity index (χ0) is 27.2. The molecule has 3 heterocycles. The van der Waals surface area contributed by atoms with Gasteiger partial charge in [0, 0.05) is 38.7 Å². The molecule has 6 heteroatoms. The first-order valence-electron chi connectivity index (χ1n) is 13.4. The molecule has 7 rings (SSSR count). The number of hydrogen-bond acceptors (Lipinski definition) is 5. The van der Waals surface area contributed by atoms with E-state index in [2.05, 4.69) is 96.4 Å². The number of rotatable bonds is 4. The maximum absolute atomic E-state index is 10.5. The molecule has 0 saturated carbocycles. The van der Waals surface area contributed by atoms with E-state index in [1.807, 2.05) is 42.6 Å². The van der Waals surface area contributed by atoms with E-state index < -0.39 is 0 Å². The van der Waals surface area contributed by atoms with Crippen LogP contribution in [0.25, 0.3) is 33.3 Å². The normalized spacial score (nSPS) is 12.2. The number of aromatic nitrogens is 2. The summed E-state index contributed by atoms with van der Waals surface area (Å²) in [6.45, 7) is 4.40. The Hall–Kier alpha value is -4.47. The molecule has 204 valence electrons. The Morgan fingerprint density at radius 2 is 1.51 bits per heavy atom. The second-order valence-electron chi connectivity index (χ2n) is 10.2. The maximum Gasteiger partial charge on any atom is 0.140 e. The molecule has 0 spiro atoms. The van der Waals surface area contributed by atoms with Crippen molar-refractivity contribution in [3.8, 4) is 28.1 Å². The molecule has 0 saturated heterocycles. The first-order chi connectivity index (χ1) is 19.6. The Balaban J connectivity index is 0.00000302. The number of benzene rings is 4. The zero-order valence-corrected chi connectivity index (χ0v) is 24.9. The summed E-state index contributed by atoms with van der Waals surface area (Å²) < 4.78 is 0. The molecule has 0 radical (unpaired) electrons. The standard InChI is InChI=1S/C35H27N4O.Pt/c1-23(2)38-29-12-6-7-13-30(29)39(34-22-26(19-20-36-34)24-9-4-3-5-10-24)32-21-27(16-18-31(32)38)28-17-15-25-11-8-14-33(40)35(25)37-28;/h3-20,22-23,40H,1-2H3;/q-1;. The maximum atomic E-state index is 10.5. The van der Waals surface area contributed by atoms with Crippen molar-refractivity contribution in [2.24, 2.45) is 0 Å². The predicted molar refractivity (Wildman–Crippen MR) is 163 cm³/mol. The number of aromatic hydroxyl groups is 1. The molecule has 0 amide bonds. The van der Waals surface area contributed by atoms with Gasteiger partial charge in [-0.3, -0.25) is 4.98 Å². The summed E-state index contributed by atoms with van der Waals surface area (Å²) in [5, 5.41) is 11.3. The molecule has 2 aromatic heterocycles. The predicted octanol–water partition coefficient (Wildman–Crippen LogP) is 8.80. The summed E-state index contributed by atoms with van der Waals surface area (Å²) in [6, 6.07) is 40.5. The third-order valence-corrected chi connectivity index (χ3v) is 7.34. The van der Waals surface area contributed by atoms with Crippen LogP contribution in [-0.2, 0) is 21.1 Å². The second-order valence-corrected chi connectivity index (χ2v) is 10.2. The molecular weight excluding hydrogens is 687 g/mol. The SMILES string of the molecule is CC(C)N1c2ccc(-c3ccc4cccc(O)c4n3)[c-]c2N(c2cc(-c3ccccc3)ccn2)c2ccccc21.[Pt]. The van der Waals surface area contributed by atoms with Gasteiger partial charge in [-0.25, -0.2) is 4.98 Å². The van der Waals surface area contributed by atoms with Gasteiger partial charge in [0.15, 0.2) is 0 Å². The Labute approximate surface area is 254 Å². The number of anilines is 5. The van der Waals surface area contributed by atoms with Crippen molar-refractivity contribution in [3.05, 3.63) is 121 Å². The van der Waals surface area contributed by atoms with E-state index in [9.17, 15) is 5.11 Å². The fourth-order valence-electron chi connectivity index (χ4n) is 5.52. The van der Waals surface area contributed by atoms with Crippen molar-refractivity contribution >= 4 is 39.5 Å². The van der Waals surface area contributed by atoms with Gasteiger partial charge in [0.2, 0.25) is 0 Å². The summed E-state index contributed by atoms with van der Waals surface area (Å²) in [7, 11) is 0. The largest absolute Gasteiger partial charge is 0.506 e. The second kappa shape index (κ2) is 10.8. The molecule has 6 aromatic rings. The van der Waals surface area contributed by atoms with Crippen LogP contribution in [0.1, 0.15) is 13.8 Å². The smallest absolute Gasteiger partial charge is 0.140 e. The van der Waals surface area contributed by atoms with Gasteiger partial charge in [0.05, 0.1) is 11.4 Å². The Bertz CT molecular complexity index is 1870. The van der Waals surface area contributed by atoms with Crippen LogP contribution in [-0.4, -0.2) is 21.1 Å². The number of phenolic OH excluding ortho intramolecular Hbond substituents is 1. The molecule has 0 atom stereocenters. The minimum absolute atomic E-state index is 0. The molecule has 1 N–H and O–H groups in total. The first kappa shape index (κ1) is 26.7. The Morgan fingerprint density at radius 1 is 0.732 bits per heavy atom. The van der Waals surface area contributed by atoms with Crippen LogP contribution < -0.4 is 9.80 Å². The number of nitrogens with zero attached hydrogens (tertiary/aromatic N) is 4. The minimum atomic E-state index is 0. The van der Waals surface area contributed by atoms with Gasteiger partial charge in [-0.05, 0) is 72.4 Å². The van der Waals surface area contributed by atoms with Crippen molar-refractivity contribution in [1.82, 2.24) is 9.97 Å². The van der Waals surface area contributed by atoms with Crippen molar-refractivity contribution in [2.45, 2.75) is 19.9 Å². The van der Waals surface area contributed by atoms with E-state index in [-0.39, 0.29) is 32.9 Å². The molecule has 4 aromatic carbocycles. The van der Waals surface area contributed by atoms with Crippen molar-refractivity contribution in [2.75, 3.05) is 9.80 Å². The topological polar surface area (TPSA) is 52.5 Å². The van der Waals surface area contributed by atoms with Crippen LogP contribution in [0, 0.1) is 6.07 Å².